The smallest absolute Gasteiger partial charge is 0.318 e. The molecule has 0 aliphatic heterocycles. The van der Waals surface area contributed by atoms with Crippen LogP contribution in [0, 0.1) is 0 Å². The third kappa shape index (κ3) is 3.78. The van der Waals surface area contributed by atoms with Crippen LogP contribution < -0.4 is 20.5 Å². The number of primary amides is 1. The van der Waals surface area contributed by atoms with Crippen molar-refractivity contribution in [3.8, 4) is 11.5 Å². The van der Waals surface area contributed by atoms with Gasteiger partial charge in [-0.2, -0.15) is 0 Å². The van der Waals surface area contributed by atoms with Crippen LogP contribution in [0.5, 0.6) is 11.5 Å². The first-order valence-electron chi connectivity index (χ1n) is 4.92. The van der Waals surface area contributed by atoms with E-state index in [1.165, 1.54) is 19.2 Å². The van der Waals surface area contributed by atoms with Gasteiger partial charge in [0, 0.05) is 5.56 Å². The fraction of sp³-hybridized carbons (Fsp3) is 0.182. The molecule has 0 aliphatic rings. The fourth-order valence-electron chi connectivity index (χ4n) is 1.20. The highest BCUT2D eigenvalue weighted by molar-refractivity contribution is 5.94. The van der Waals surface area contributed by atoms with Gasteiger partial charge in [-0.3, -0.25) is 14.9 Å². The van der Waals surface area contributed by atoms with Gasteiger partial charge in [0.1, 0.15) is 6.29 Å². The molecule has 0 saturated carbocycles. The van der Waals surface area contributed by atoms with Crippen molar-refractivity contribution in [3.05, 3.63) is 23.8 Å². The number of amides is 3. The largest absolute Gasteiger partial charge is 0.493 e. The molecule has 0 heterocycles. The zero-order chi connectivity index (χ0) is 13.5. The average Bonchev–Trinajstić information content (AvgIpc) is 2.35. The Balaban J connectivity index is 2.73. The van der Waals surface area contributed by atoms with E-state index < -0.39 is 18.5 Å². The summed E-state index contributed by atoms with van der Waals surface area (Å²) in [4.78, 5) is 32.1. The molecule has 18 heavy (non-hydrogen) atoms. The Kier molecular flexibility index (Phi) is 4.67. The summed E-state index contributed by atoms with van der Waals surface area (Å²) in [5.41, 5.74) is 5.14. The van der Waals surface area contributed by atoms with E-state index in [4.69, 9.17) is 15.2 Å². The van der Waals surface area contributed by atoms with Crippen molar-refractivity contribution in [1.82, 2.24) is 5.32 Å². The summed E-state index contributed by atoms with van der Waals surface area (Å²) in [5.74, 6) is -0.102. The first kappa shape index (κ1) is 13.5. The third-order valence-corrected chi connectivity index (χ3v) is 1.95. The summed E-state index contributed by atoms with van der Waals surface area (Å²) < 4.78 is 10.1. The number of benzene rings is 1. The highest BCUT2D eigenvalue weighted by atomic mass is 16.5. The van der Waals surface area contributed by atoms with Crippen molar-refractivity contribution in [3.63, 3.8) is 0 Å². The standard InChI is InChI=1S/C11H12N2O5/c1-17-8-3-2-7(5-14)4-9(8)18-6-10(15)13-11(12)16/h2-5H,6H2,1H3,(H3,12,13,15,16). The molecule has 0 saturated heterocycles. The van der Waals surface area contributed by atoms with Gasteiger partial charge in [0.2, 0.25) is 0 Å². The van der Waals surface area contributed by atoms with Crippen molar-refractivity contribution >= 4 is 18.2 Å². The van der Waals surface area contributed by atoms with Crippen molar-refractivity contribution in [2.45, 2.75) is 0 Å². The molecular formula is C11H12N2O5. The Bertz CT molecular complexity index is 473. The average molecular weight is 252 g/mol. The Labute approximate surface area is 103 Å². The zero-order valence-corrected chi connectivity index (χ0v) is 9.64. The van der Waals surface area contributed by atoms with Gasteiger partial charge in [-0.25, -0.2) is 4.79 Å². The quantitative estimate of drug-likeness (QED) is 0.721. The van der Waals surface area contributed by atoms with E-state index in [0.717, 1.165) is 0 Å². The summed E-state index contributed by atoms with van der Waals surface area (Å²) in [7, 11) is 1.42. The second-order valence-corrected chi connectivity index (χ2v) is 3.23. The summed E-state index contributed by atoms with van der Waals surface area (Å²) in [6, 6.07) is 3.54. The van der Waals surface area contributed by atoms with Crippen LogP contribution in [-0.2, 0) is 4.79 Å². The minimum Gasteiger partial charge on any atom is -0.493 e. The van der Waals surface area contributed by atoms with Crippen molar-refractivity contribution in [2.75, 3.05) is 13.7 Å². The second kappa shape index (κ2) is 6.24. The first-order chi connectivity index (χ1) is 8.56. The minimum absolute atomic E-state index is 0.224. The van der Waals surface area contributed by atoms with Gasteiger partial charge >= 0.3 is 6.03 Å². The maximum atomic E-state index is 11.1. The molecule has 3 amide bonds. The number of hydrogen-bond donors (Lipinski definition) is 2. The molecule has 96 valence electrons. The first-order valence-corrected chi connectivity index (χ1v) is 4.92. The molecule has 0 spiro atoms. The lowest BCUT2D eigenvalue weighted by Crippen LogP contribution is -2.38. The van der Waals surface area contributed by atoms with Crippen LogP contribution in [0.1, 0.15) is 10.4 Å². The molecule has 0 bridgehead atoms. The van der Waals surface area contributed by atoms with Crippen LogP contribution in [0.3, 0.4) is 0 Å². The van der Waals surface area contributed by atoms with E-state index in [9.17, 15) is 14.4 Å². The van der Waals surface area contributed by atoms with Crippen LogP contribution in [0.4, 0.5) is 4.79 Å². The lowest BCUT2D eigenvalue weighted by molar-refractivity contribution is -0.121. The van der Waals surface area contributed by atoms with Crippen LogP contribution >= 0.6 is 0 Å². The molecule has 7 heteroatoms. The molecule has 0 radical (unpaired) electrons. The molecular weight excluding hydrogens is 240 g/mol. The molecule has 7 nitrogen and oxygen atoms in total. The predicted octanol–water partition coefficient (Wildman–Crippen LogP) is 0.0814. The Morgan fingerprint density at radius 1 is 1.39 bits per heavy atom. The molecule has 0 atom stereocenters. The number of urea groups is 1. The number of carbonyl (C=O) groups is 3. The van der Waals surface area contributed by atoms with Gasteiger partial charge in [-0.05, 0) is 18.2 Å². The lowest BCUT2D eigenvalue weighted by atomic mass is 10.2. The van der Waals surface area contributed by atoms with E-state index in [1.807, 2.05) is 5.32 Å². The summed E-state index contributed by atoms with van der Waals surface area (Å²) in [6.07, 6.45) is 0.635. The monoisotopic (exact) mass is 252 g/mol. The predicted molar refractivity (Wildman–Crippen MR) is 61.6 cm³/mol. The summed E-state index contributed by atoms with van der Waals surface area (Å²) >= 11 is 0. The number of rotatable bonds is 5. The number of methoxy groups -OCH3 is 1. The highest BCUT2D eigenvalue weighted by Gasteiger charge is 2.09. The molecule has 0 fully saturated rings. The van der Waals surface area contributed by atoms with Gasteiger partial charge < -0.3 is 15.2 Å². The molecule has 0 aromatic heterocycles. The molecule has 3 N–H and O–H groups in total. The van der Waals surface area contributed by atoms with Gasteiger partial charge in [-0.15, -0.1) is 0 Å². The summed E-state index contributed by atoms with van der Waals surface area (Å²) in [6.45, 7) is -0.415. The van der Waals surface area contributed by atoms with E-state index in [-0.39, 0.29) is 5.75 Å². The van der Waals surface area contributed by atoms with Crippen LogP contribution in [0.15, 0.2) is 18.2 Å². The topological polar surface area (TPSA) is 108 Å². The number of nitrogens with one attached hydrogen (secondary N) is 1. The maximum absolute atomic E-state index is 11.1. The Morgan fingerprint density at radius 2 is 2.11 bits per heavy atom. The third-order valence-electron chi connectivity index (χ3n) is 1.95. The minimum atomic E-state index is -0.961. The van der Waals surface area contributed by atoms with Crippen molar-refractivity contribution < 1.29 is 23.9 Å². The number of aldehydes is 1. The number of nitrogens with two attached hydrogens (primary N) is 1. The Hall–Kier alpha value is -2.57. The van der Waals surface area contributed by atoms with Crippen LogP contribution in [-0.4, -0.2) is 31.9 Å². The van der Waals surface area contributed by atoms with Gasteiger partial charge in [0.05, 0.1) is 7.11 Å². The lowest BCUT2D eigenvalue weighted by Gasteiger charge is -2.10. The van der Waals surface area contributed by atoms with E-state index in [2.05, 4.69) is 0 Å². The maximum Gasteiger partial charge on any atom is 0.318 e. The van der Waals surface area contributed by atoms with Gasteiger partial charge in [-0.1, -0.05) is 0 Å². The van der Waals surface area contributed by atoms with E-state index in [0.29, 0.717) is 17.6 Å². The van der Waals surface area contributed by atoms with Crippen LogP contribution in [0.2, 0.25) is 0 Å². The molecule has 1 aromatic carbocycles. The molecule has 1 rings (SSSR count). The van der Waals surface area contributed by atoms with Crippen molar-refractivity contribution in [2.24, 2.45) is 5.73 Å². The van der Waals surface area contributed by atoms with E-state index in [1.54, 1.807) is 6.07 Å². The SMILES string of the molecule is COc1ccc(C=O)cc1OCC(=O)NC(N)=O. The Morgan fingerprint density at radius 3 is 2.67 bits per heavy atom. The second-order valence-electron chi connectivity index (χ2n) is 3.23. The van der Waals surface area contributed by atoms with Crippen LogP contribution in [0.25, 0.3) is 0 Å². The number of carbonyl (C=O) groups excluding carboxylic acids is 3. The molecule has 0 aliphatic carbocycles. The van der Waals surface area contributed by atoms with Crippen molar-refractivity contribution in [1.29, 1.82) is 0 Å². The molecule has 0 unspecified atom stereocenters. The number of imide groups is 1. The normalized spacial score (nSPS) is 9.39. The highest BCUT2D eigenvalue weighted by Crippen LogP contribution is 2.27. The van der Waals surface area contributed by atoms with Gasteiger partial charge in [0.15, 0.2) is 18.1 Å². The number of hydrogen-bond acceptors (Lipinski definition) is 5. The zero-order valence-electron chi connectivity index (χ0n) is 9.64. The molecule has 1 aromatic rings. The fourth-order valence-corrected chi connectivity index (χ4v) is 1.20. The summed E-state index contributed by atoms with van der Waals surface area (Å²) in [5, 5.41) is 1.84. The number of ether oxygens (including phenoxy) is 2. The van der Waals surface area contributed by atoms with Gasteiger partial charge in [0.25, 0.3) is 5.91 Å². The van der Waals surface area contributed by atoms with E-state index >= 15 is 0 Å².